The summed E-state index contributed by atoms with van der Waals surface area (Å²) in [5.74, 6) is -0.717. The zero-order chi connectivity index (χ0) is 18.3. The fraction of sp³-hybridized carbons (Fsp3) is 0.471. The number of aromatic nitrogens is 3. The molecule has 0 aliphatic heterocycles. The second-order valence-corrected chi connectivity index (χ2v) is 7.65. The highest BCUT2D eigenvalue weighted by Gasteiger charge is 2.38. The molecule has 0 aliphatic rings. The van der Waals surface area contributed by atoms with Gasteiger partial charge in [0.05, 0.1) is 17.6 Å². The number of carbonyl (C=O) groups is 1. The van der Waals surface area contributed by atoms with Crippen LogP contribution in [-0.4, -0.2) is 31.5 Å². The third kappa shape index (κ3) is 3.25. The van der Waals surface area contributed by atoms with Gasteiger partial charge in [-0.2, -0.15) is 9.49 Å². The Morgan fingerprint density at radius 1 is 1.25 bits per heavy atom. The first-order valence-electron chi connectivity index (χ1n) is 7.67. The number of carboxylic acid groups (broad SMARTS) is 1. The second kappa shape index (κ2) is 5.89. The molecule has 0 unspecified atom stereocenters. The van der Waals surface area contributed by atoms with E-state index in [0.29, 0.717) is 11.4 Å². The van der Waals surface area contributed by atoms with Crippen LogP contribution in [0.15, 0.2) is 24.5 Å². The van der Waals surface area contributed by atoms with Crippen molar-refractivity contribution in [1.82, 2.24) is 14.8 Å². The van der Waals surface area contributed by atoms with E-state index in [1.807, 2.05) is 20.8 Å². The topological polar surface area (TPSA) is 71.2 Å². The van der Waals surface area contributed by atoms with Crippen LogP contribution in [0.4, 0.5) is 14.9 Å². The molecule has 1 N–H and O–H groups in total. The number of hydrogen-bond donors (Lipinski definition) is 1. The molecule has 0 atom stereocenters. The number of anilines is 1. The quantitative estimate of drug-likeness (QED) is 0.901. The lowest BCUT2D eigenvalue weighted by atomic mass is 9.90. The molecule has 2 aromatic rings. The minimum Gasteiger partial charge on any atom is -0.465 e. The van der Waals surface area contributed by atoms with E-state index < -0.39 is 23.0 Å². The molecule has 0 fully saturated rings. The predicted octanol–water partition coefficient (Wildman–Crippen LogP) is 3.99. The summed E-state index contributed by atoms with van der Waals surface area (Å²) in [6.45, 7) is 10.8. The van der Waals surface area contributed by atoms with E-state index in [4.69, 9.17) is 0 Å². The van der Waals surface area contributed by atoms with Crippen LogP contribution in [0.5, 0.6) is 0 Å². The van der Waals surface area contributed by atoms with E-state index in [1.54, 1.807) is 39.1 Å². The monoisotopic (exact) mass is 334 g/mol. The van der Waals surface area contributed by atoms with Crippen molar-refractivity contribution in [2.75, 3.05) is 4.90 Å². The van der Waals surface area contributed by atoms with Crippen molar-refractivity contribution in [2.45, 2.75) is 52.5 Å². The Morgan fingerprint density at radius 2 is 1.88 bits per heavy atom. The minimum atomic E-state index is -1.22. The van der Waals surface area contributed by atoms with Crippen molar-refractivity contribution in [3.63, 3.8) is 0 Å². The molecule has 24 heavy (non-hydrogen) atoms. The van der Waals surface area contributed by atoms with Crippen LogP contribution < -0.4 is 4.90 Å². The highest BCUT2D eigenvalue weighted by molar-refractivity contribution is 5.88. The van der Waals surface area contributed by atoms with Gasteiger partial charge in [-0.1, -0.05) is 20.8 Å². The Hall–Kier alpha value is -2.44. The lowest BCUT2D eigenvalue weighted by Crippen LogP contribution is -2.46. The Balaban J connectivity index is 2.79. The molecule has 0 aromatic carbocycles. The molecule has 7 heteroatoms. The Bertz CT molecular complexity index is 742. The van der Waals surface area contributed by atoms with Gasteiger partial charge in [0.15, 0.2) is 0 Å². The summed E-state index contributed by atoms with van der Waals surface area (Å²) in [5, 5.41) is 14.0. The zero-order valence-electron chi connectivity index (χ0n) is 14.8. The Kier molecular flexibility index (Phi) is 4.39. The molecule has 0 radical (unpaired) electrons. The van der Waals surface area contributed by atoms with Crippen molar-refractivity contribution >= 4 is 11.8 Å². The summed E-state index contributed by atoms with van der Waals surface area (Å²) in [7, 11) is 0. The molecule has 0 spiro atoms. The molecule has 0 bridgehead atoms. The van der Waals surface area contributed by atoms with Crippen molar-refractivity contribution < 1.29 is 14.3 Å². The van der Waals surface area contributed by atoms with Gasteiger partial charge in [0.2, 0.25) is 5.95 Å². The summed E-state index contributed by atoms with van der Waals surface area (Å²) < 4.78 is 16.3. The number of hydrogen-bond acceptors (Lipinski definition) is 3. The van der Waals surface area contributed by atoms with E-state index >= 15 is 4.39 Å². The van der Waals surface area contributed by atoms with Gasteiger partial charge < -0.3 is 5.11 Å². The Morgan fingerprint density at radius 3 is 2.29 bits per heavy atom. The van der Waals surface area contributed by atoms with Crippen molar-refractivity contribution in [1.29, 1.82) is 0 Å². The summed E-state index contributed by atoms with van der Waals surface area (Å²) in [6.07, 6.45) is 1.83. The molecule has 2 rings (SSSR count). The van der Waals surface area contributed by atoms with Crippen molar-refractivity contribution in [3.8, 4) is 5.69 Å². The normalized spacial score (nSPS) is 12.3. The van der Waals surface area contributed by atoms with Gasteiger partial charge in [0.1, 0.15) is 5.69 Å². The van der Waals surface area contributed by atoms with Gasteiger partial charge in [0.25, 0.3) is 0 Å². The van der Waals surface area contributed by atoms with Gasteiger partial charge in [-0.3, -0.25) is 9.88 Å². The fourth-order valence-electron chi connectivity index (χ4n) is 2.46. The van der Waals surface area contributed by atoms with E-state index in [1.165, 1.54) is 6.20 Å². The van der Waals surface area contributed by atoms with Gasteiger partial charge in [-0.05, 0) is 32.9 Å². The first kappa shape index (κ1) is 17.9. The van der Waals surface area contributed by atoms with Gasteiger partial charge in [-0.15, -0.1) is 0 Å². The van der Waals surface area contributed by atoms with E-state index in [9.17, 15) is 9.90 Å². The minimum absolute atomic E-state index is 0.0219. The maximum Gasteiger partial charge on any atom is 0.412 e. The summed E-state index contributed by atoms with van der Waals surface area (Å²) in [5.41, 5.74) is -0.573. The fourth-order valence-corrected chi connectivity index (χ4v) is 2.46. The van der Waals surface area contributed by atoms with E-state index in [2.05, 4.69) is 10.1 Å². The molecule has 2 heterocycles. The molecule has 2 aromatic heterocycles. The van der Waals surface area contributed by atoms with Gasteiger partial charge >= 0.3 is 6.09 Å². The molecular weight excluding hydrogens is 311 g/mol. The van der Waals surface area contributed by atoms with Crippen LogP contribution in [0.1, 0.15) is 47.2 Å². The lowest BCUT2D eigenvalue weighted by Gasteiger charge is -2.34. The molecule has 6 nitrogen and oxygen atoms in total. The third-order valence-corrected chi connectivity index (χ3v) is 3.49. The maximum absolute atomic E-state index is 15.2. The third-order valence-electron chi connectivity index (χ3n) is 3.49. The molecule has 0 saturated heterocycles. The molecule has 0 saturated carbocycles. The van der Waals surface area contributed by atoms with Crippen LogP contribution in [0.2, 0.25) is 0 Å². The van der Waals surface area contributed by atoms with Gasteiger partial charge in [-0.25, -0.2) is 9.48 Å². The van der Waals surface area contributed by atoms with E-state index in [-0.39, 0.29) is 5.69 Å². The lowest BCUT2D eigenvalue weighted by molar-refractivity contribution is 0.195. The maximum atomic E-state index is 15.2. The summed E-state index contributed by atoms with van der Waals surface area (Å²) in [4.78, 5) is 16.8. The van der Waals surface area contributed by atoms with Crippen molar-refractivity contribution in [3.05, 3.63) is 36.2 Å². The predicted molar refractivity (Wildman–Crippen MR) is 90.3 cm³/mol. The second-order valence-electron chi connectivity index (χ2n) is 7.65. The number of pyridine rings is 1. The average Bonchev–Trinajstić information content (AvgIpc) is 2.76. The van der Waals surface area contributed by atoms with Gasteiger partial charge in [0, 0.05) is 17.2 Å². The highest BCUT2D eigenvalue weighted by Crippen LogP contribution is 2.37. The van der Waals surface area contributed by atoms with Crippen LogP contribution in [-0.2, 0) is 5.41 Å². The standard InChI is InChI=1S/C17H23FN4O2/c1-16(2,3)13-12(21(15(23)24)17(4,5)6)14(18)22(20-13)11-8-7-9-19-10-11/h7-10H,1-6H3,(H,23,24). The molecule has 130 valence electrons. The first-order chi connectivity index (χ1) is 10.9. The zero-order valence-corrected chi connectivity index (χ0v) is 14.8. The first-order valence-corrected chi connectivity index (χ1v) is 7.67. The van der Waals surface area contributed by atoms with Crippen LogP contribution in [0.25, 0.3) is 5.69 Å². The highest BCUT2D eigenvalue weighted by atomic mass is 19.1. The Labute approximate surface area is 140 Å². The summed E-state index contributed by atoms with van der Waals surface area (Å²) >= 11 is 0. The van der Waals surface area contributed by atoms with Crippen LogP contribution >= 0.6 is 0 Å². The SMILES string of the molecule is CC(C)(C)c1nn(-c2cccnc2)c(F)c1N(C(=O)O)C(C)(C)C. The molecule has 1 amide bonds. The van der Waals surface area contributed by atoms with E-state index in [0.717, 1.165) is 9.58 Å². The largest absolute Gasteiger partial charge is 0.465 e. The molecule has 0 aliphatic carbocycles. The van der Waals surface area contributed by atoms with Crippen LogP contribution in [0.3, 0.4) is 0 Å². The van der Waals surface area contributed by atoms with Crippen LogP contribution in [0, 0.1) is 5.95 Å². The smallest absolute Gasteiger partial charge is 0.412 e. The summed E-state index contributed by atoms with van der Waals surface area (Å²) in [6, 6.07) is 3.34. The number of amides is 1. The number of halogens is 1. The van der Waals surface area contributed by atoms with Crippen molar-refractivity contribution in [2.24, 2.45) is 0 Å². The molecular formula is C17H23FN4O2. The number of nitrogens with zero attached hydrogens (tertiary/aromatic N) is 4. The average molecular weight is 334 g/mol. The number of rotatable bonds is 2.